The predicted octanol–water partition coefficient (Wildman–Crippen LogP) is 1.24. The topological polar surface area (TPSA) is 93.2 Å². The van der Waals surface area contributed by atoms with Crippen LogP contribution in [-0.2, 0) is 23.7 Å². The summed E-state index contributed by atoms with van der Waals surface area (Å²) in [4.78, 5) is 27.9. The molecule has 0 fully saturated rings. The van der Waals surface area contributed by atoms with Gasteiger partial charge in [-0.15, -0.1) is 0 Å². The summed E-state index contributed by atoms with van der Waals surface area (Å²) in [5, 5.41) is 0. The van der Waals surface area contributed by atoms with Gasteiger partial charge in [0.05, 0.1) is 38.6 Å². The first-order valence-corrected chi connectivity index (χ1v) is 8.18. The van der Waals surface area contributed by atoms with E-state index >= 15 is 0 Å². The zero-order valence-corrected chi connectivity index (χ0v) is 14.4. The van der Waals surface area contributed by atoms with Crippen molar-refractivity contribution in [3.63, 3.8) is 0 Å². The number of aromatic nitrogens is 1. The smallest absolute Gasteiger partial charge is 0.357 e. The van der Waals surface area contributed by atoms with Gasteiger partial charge in [-0.05, 0) is 26.0 Å². The van der Waals surface area contributed by atoms with E-state index in [2.05, 4.69) is 4.98 Å². The number of hydrogen-bond acceptors (Lipinski definition) is 8. The monoisotopic (exact) mass is 353 g/mol. The van der Waals surface area contributed by atoms with Gasteiger partial charge in [0.15, 0.2) is 0 Å². The van der Waals surface area contributed by atoms with Crippen LogP contribution in [0.15, 0.2) is 18.2 Å². The highest BCUT2D eigenvalue weighted by atomic mass is 16.6. The van der Waals surface area contributed by atoms with Gasteiger partial charge < -0.3 is 23.7 Å². The van der Waals surface area contributed by atoms with Gasteiger partial charge in [-0.3, -0.25) is 0 Å². The van der Waals surface area contributed by atoms with Gasteiger partial charge >= 0.3 is 11.9 Å². The van der Waals surface area contributed by atoms with Gasteiger partial charge in [-0.25, -0.2) is 14.6 Å². The molecule has 138 valence electrons. The van der Waals surface area contributed by atoms with Gasteiger partial charge in [-0.2, -0.15) is 0 Å². The molecule has 1 aliphatic heterocycles. The first-order valence-electron chi connectivity index (χ1n) is 8.18. The summed E-state index contributed by atoms with van der Waals surface area (Å²) in [6.07, 6.45) is -0.242. The lowest BCUT2D eigenvalue weighted by Gasteiger charge is -2.19. The van der Waals surface area contributed by atoms with Crippen molar-refractivity contribution in [2.45, 2.75) is 26.1 Å². The van der Waals surface area contributed by atoms with E-state index in [-0.39, 0.29) is 50.0 Å². The summed E-state index contributed by atoms with van der Waals surface area (Å²) in [5.41, 5.74) is 0.0784. The Kier molecular flexibility index (Phi) is 7.77. The number of pyridine rings is 1. The van der Waals surface area contributed by atoms with Gasteiger partial charge in [0, 0.05) is 0 Å². The molecule has 0 amide bonds. The van der Waals surface area contributed by atoms with Crippen LogP contribution in [0.3, 0.4) is 0 Å². The Morgan fingerprint density at radius 2 is 1.32 bits per heavy atom. The lowest BCUT2D eigenvalue weighted by molar-refractivity contribution is -0.0767. The van der Waals surface area contributed by atoms with Crippen LogP contribution in [0.2, 0.25) is 0 Å². The Hall–Kier alpha value is -2.03. The van der Waals surface area contributed by atoms with Crippen LogP contribution in [-0.4, -0.2) is 68.8 Å². The van der Waals surface area contributed by atoms with Crippen molar-refractivity contribution < 1.29 is 33.3 Å². The van der Waals surface area contributed by atoms with Crippen LogP contribution in [0.25, 0.3) is 0 Å². The third-order valence-corrected chi connectivity index (χ3v) is 3.26. The predicted molar refractivity (Wildman–Crippen MR) is 86.4 cm³/mol. The van der Waals surface area contributed by atoms with Crippen molar-refractivity contribution in [3.8, 4) is 0 Å². The molecule has 0 aromatic carbocycles. The van der Waals surface area contributed by atoms with Crippen molar-refractivity contribution in [1.29, 1.82) is 0 Å². The standard InChI is InChI=1S/C17H23NO7/c1-12-10-21-6-8-23-16(19)14-4-3-5-15(18-14)17(20)24-9-7-22-11-13(2)25-12/h3-5,12-13H,6-11H2,1-2H3/t12-,13-/m1/s1. The van der Waals surface area contributed by atoms with Gasteiger partial charge in [0.1, 0.15) is 24.6 Å². The first kappa shape index (κ1) is 19.3. The van der Waals surface area contributed by atoms with Crippen molar-refractivity contribution in [2.75, 3.05) is 39.6 Å². The van der Waals surface area contributed by atoms with E-state index in [1.165, 1.54) is 12.1 Å². The molecule has 0 saturated carbocycles. The molecule has 0 N–H and O–H groups in total. The number of fused-ring (bicyclic) bond motifs is 2. The minimum Gasteiger partial charge on any atom is -0.459 e. The normalized spacial score (nSPS) is 24.6. The zero-order valence-electron chi connectivity index (χ0n) is 14.4. The third kappa shape index (κ3) is 6.77. The van der Waals surface area contributed by atoms with E-state index in [0.717, 1.165) is 0 Å². The highest BCUT2D eigenvalue weighted by molar-refractivity contribution is 5.91. The SMILES string of the molecule is C[C@@H]1COCCOC(=O)c2cccc(n2)C(=O)OCCOC[C@@H](C)O1. The molecule has 8 nitrogen and oxygen atoms in total. The molecular weight excluding hydrogens is 330 g/mol. The number of hydrogen-bond donors (Lipinski definition) is 0. The van der Waals surface area contributed by atoms with Crippen LogP contribution in [0.4, 0.5) is 0 Å². The number of carbonyl (C=O) groups is 2. The van der Waals surface area contributed by atoms with Crippen LogP contribution >= 0.6 is 0 Å². The Labute approximate surface area is 146 Å². The van der Waals surface area contributed by atoms with E-state index < -0.39 is 11.9 Å². The fourth-order valence-corrected chi connectivity index (χ4v) is 2.17. The van der Waals surface area contributed by atoms with Crippen molar-refractivity contribution in [3.05, 3.63) is 29.6 Å². The maximum atomic E-state index is 11.9. The molecule has 8 heteroatoms. The molecule has 2 rings (SSSR count). The average molecular weight is 353 g/mol. The second-order valence-corrected chi connectivity index (χ2v) is 5.59. The number of carbonyl (C=O) groups excluding carboxylic acids is 2. The molecular formula is C17H23NO7. The van der Waals surface area contributed by atoms with Crippen molar-refractivity contribution >= 4 is 11.9 Å². The molecule has 1 aliphatic rings. The average Bonchev–Trinajstić information content (AvgIpc) is 2.60. The fourth-order valence-electron chi connectivity index (χ4n) is 2.17. The van der Waals surface area contributed by atoms with Crippen LogP contribution in [0.5, 0.6) is 0 Å². The van der Waals surface area contributed by atoms with Crippen LogP contribution in [0, 0.1) is 0 Å². The maximum Gasteiger partial charge on any atom is 0.357 e. The summed E-state index contributed by atoms with van der Waals surface area (Å²) in [5.74, 6) is -1.25. The van der Waals surface area contributed by atoms with Crippen LogP contribution < -0.4 is 0 Å². The maximum absolute atomic E-state index is 11.9. The Morgan fingerprint density at radius 3 is 1.80 bits per heavy atom. The van der Waals surface area contributed by atoms with E-state index in [0.29, 0.717) is 13.2 Å². The Balaban J connectivity index is 1.99. The number of nitrogens with zero attached hydrogens (tertiary/aromatic N) is 1. The molecule has 1 aromatic heterocycles. The first-order chi connectivity index (χ1) is 12.1. The summed E-state index contributed by atoms with van der Waals surface area (Å²) in [6.45, 7) is 5.19. The Bertz CT molecular complexity index is 533. The fraction of sp³-hybridized carbons (Fsp3) is 0.588. The van der Waals surface area contributed by atoms with E-state index in [4.69, 9.17) is 23.7 Å². The van der Waals surface area contributed by atoms with Gasteiger partial charge in [-0.1, -0.05) is 6.07 Å². The summed E-state index contributed by atoms with van der Waals surface area (Å²) in [7, 11) is 0. The summed E-state index contributed by atoms with van der Waals surface area (Å²) >= 11 is 0. The number of cyclic esters (lactones) is 2. The molecule has 0 spiro atoms. The number of rotatable bonds is 0. The quantitative estimate of drug-likeness (QED) is 0.643. The molecule has 0 aliphatic carbocycles. The lowest BCUT2D eigenvalue weighted by atomic mass is 10.3. The van der Waals surface area contributed by atoms with E-state index in [1.54, 1.807) is 6.07 Å². The van der Waals surface area contributed by atoms with Crippen molar-refractivity contribution in [1.82, 2.24) is 4.98 Å². The molecule has 0 radical (unpaired) electrons. The lowest BCUT2D eigenvalue weighted by Crippen LogP contribution is -2.27. The molecule has 0 unspecified atom stereocenters. The van der Waals surface area contributed by atoms with Crippen molar-refractivity contribution in [2.24, 2.45) is 0 Å². The molecule has 2 atom stereocenters. The number of esters is 2. The summed E-state index contributed by atoms with van der Waals surface area (Å²) in [6, 6.07) is 4.49. The highest BCUT2D eigenvalue weighted by Crippen LogP contribution is 2.05. The summed E-state index contributed by atoms with van der Waals surface area (Å²) < 4.78 is 26.7. The molecule has 0 saturated heterocycles. The minimum absolute atomic E-state index is 0.0392. The third-order valence-electron chi connectivity index (χ3n) is 3.26. The molecule has 1 aromatic rings. The highest BCUT2D eigenvalue weighted by Gasteiger charge is 2.15. The Morgan fingerprint density at radius 1 is 0.840 bits per heavy atom. The molecule has 2 heterocycles. The second kappa shape index (κ2) is 10.1. The second-order valence-electron chi connectivity index (χ2n) is 5.59. The van der Waals surface area contributed by atoms with Gasteiger partial charge in [0.25, 0.3) is 0 Å². The minimum atomic E-state index is -0.624. The number of ether oxygens (including phenoxy) is 5. The van der Waals surface area contributed by atoms with E-state index in [1.807, 2.05) is 13.8 Å². The van der Waals surface area contributed by atoms with E-state index in [9.17, 15) is 9.59 Å². The molecule has 2 bridgehead atoms. The largest absolute Gasteiger partial charge is 0.459 e. The van der Waals surface area contributed by atoms with Crippen LogP contribution in [0.1, 0.15) is 34.8 Å². The van der Waals surface area contributed by atoms with Gasteiger partial charge in [0.2, 0.25) is 0 Å². The zero-order chi connectivity index (χ0) is 18.1. The molecule has 25 heavy (non-hydrogen) atoms.